The standard InChI is InChI=1S/C8H19NO/c1-7(2)6-8(3)10-9(4)5/h7-8H,6H2,1-5H3. The zero-order valence-corrected chi connectivity index (χ0v) is 7.72. The van der Waals surface area contributed by atoms with Gasteiger partial charge in [-0.1, -0.05) is 13.8 Å². The predicted octanol–water partition coefficient (Wildman–Crippen LogP) is 1.91. The first-order valence-electron chi connectivity index (χ1n) is 3.86. The van der Waals surface area contributed by atoms with Crippen LogP contribution < -0.4 is 0 Å². The van der Waals surface area contributed by atoms with Crippen LogP contribution in [0.1, 0.15) is 27.2 Å². The highest BCUT2D eigenvalue weighted by Gasteiger charge is 2.05. The van der Waals surface area contributed by atoms with Gasteiger partial charge in [-0.05, 0) is 19.3 Å². The summed E-state index contributed by atoms with van der Waals surface area (Å²) >= 11 is 0. The number of hydroxylamine groups is 2. The first-order chi connectivity index (χ1) is 4.52. The molecule has 0 fully saturated rings. The summed E-state index contributed by atoms with van der Waals surface area (Å²) in [5.74, 6) is 0.718. The van der Waals surface area contributed by atoms with Gasteiger partial charge in [-0.3, -0.25) is 4.84 Å². The van der Waals surface area contributed by atoms with Crippen molar-refractivity contribution in [2.24, 2.45) is 5.92 Å². The number of nitrogens with zero attached hydrogens (tertiary/aromatic N) is 1. The van der Waals surface area contributed by atoms with Crippen molar-refractivity contribution in [3.8, 4) is 0 Å². The fourth-order valence-electron chi connectivity index (χ4n) is 1.07. The van der Waals surface area contributed by atoms with Gasteiger partial charge in [-0.2, -0.15) is 5.06 Å². The van der Waals surface area contributed by atoms with E-state index in [1.54, 1.807) is 5.06 Å². The molecule has 10 heavy (non-hydrogen) atoms. The molecule has 0 saturated carbocycles. The van der Waals surface area contributed by atoms with Crippen molar-refractivity contribution in [2.45, 2.75) is 33.3 Å². The van der Waals surface area contributed by atoms with E-state index in [9.17, 15) is 0 Å². The molecule has 0 saturated heterocycles. The second-order valence-corrected chi connectivity index (χ2v) is 3.36. The Hall–Kier alpha value is -0.0800. The molecular weight excluding hydrogens is 126 g/mol. The summed E-state index contributed by atoms with van der Waals surface area (Å²) in [4.78, 5) is 5.39. The second-order valence-electron chi connectivity index (χ2n) is 3.36. The lowest BCUT2D eigenvalue weighted by molar-refractivity contribution is -0.162. The Kier molecular flexibility index (Phi) is 4.65. The Labute approximate surface area is 64.1 Å². The van der Waals surface area contributed by atoms with Crippen LogP contribution in [-0.2, 0) is 4.84 Å². The Morgan fingerprint density at radius 3 is 2.00 bits per heavy atom. The maximum absolute atomic E-state index is 5.39. The fourth-order valence-corrected chi connectivity index (χ4v) is 1.07. The molecule has 1 unspecified atom stereocenters. The van der Waals surface area contributed by atoms with E-state index in [2.05, 4.69) is 20.8 Å². The van der Waals surface area contributed by atoms with Crippen LogP contribution >= 0.6 is 0 Å². The third-order valence-corrected chi connectivity index (χ3v) is 1.19. The molecule has 62 valence electrons. The van der Waals surface area contributed by atoms with Crippen LogP contribution in [0.5, 0.6) is 0 Å². The molecule has 0 spiro atoms. The minimum absolute atomic E-state index is 0.343. The molecule has 0 bridgehead atoms. The minimum Gasteiger partial charge on any atom is -0.297 e. The van der Waals surface area contributed by atoms with Gasteiger partial charge in [0.25, 0.3) is 0 Å². The molecule has 0 heterocycles. The maximum atomic E-state index is 5.39. The summed E-state index contributed by atoms with van der Waals surface area (Å²) in [6, 6.07) is 0. The normalized spacial score (nSPS) is 14.7. The van der Waals surface area contributed by atoms with E-state index in [0.29, 0.717) is 6.10 Å². The SMILES string of the molecule is CC(C)CC(C)ON(C)C. The number of hydrogen-bond acceptors (Lipinski definition) is 2. The lowest BCUT2D eigenvalue weighted by atomic mass is 10.1. The highest BCUT2D eigenvalue weighted by Crippen LogP contribution is 2.07. The summed E-state index contributed by atoms with van der Waals surface area (Å²) in [6.45, 7) is 6.50. The third-order valence-electron chi connectivity index (χ3n) is 1.19. The molecule has 0 rings (SSSR count). The van der Waals surface area contributed by atoms with Crippen molar-refractivity contribution in [1.29, 1.82) is 0 Å². The minimum atomic E-state index is 0.343. The molecular formula is C8H19NO. The van der Waals surface area contributed by atoms with Crippen LogP contribution in [0.15, 0.2) is 0 Å². The molecule has 0 aliphatic rings. The molecule has 2 heteroatoms. The van der Waals surface area contributed by atoms with Crippen molar-refractivity contribution in [3.63, 3.8) is 0 Å². The molecule has 0 N–H and O–H groups in total. The molecule has 0 aliphatic heterocycles. The van der Waals surface area contributed by atoms with Gasteiger partial charge in [0.05, 0.1) is 6.10 Å². The van der Waals surface area contributed by atoms with Gasteiger partial charge >= 0.3 is 0 Å². The first kappa shape index (κ1) is 9.92. The summed E-state index contributed by atoms with van der Waals surface area (Å²) in [5.41, 5.74) is 0. The van der Waals surface area contributed by atoms with E-state index in [1.807, 2.05) is 14.1 Å². The van der Waals surface area contributed by atoms with E-state index >= 15 is 0 Å². The van der Waals surface area contributed by atoms with Gasteiger partial charge in [-0.15, -0.1) is 0 Å². The Bertz CT molecular complexity index is 71.3. The molecule has 0 aromatic rings. The Morgan fingerprint density at radius 2 is 1.70 bits per heavy atom. The summed E-state index contributed by atoms with van der Waals surface area (Å²) < 4.78 is 0. The average molecular weight is 145 g/mol. The quantitative estimate of drug-likeness (QED) is 0.560. The molecule has 0 aliphatic carbocycles. The highest BCUT2D eigenvalue weighted by molar-refractivity contribution is 4.52. The summed E-state index contributed by atoms with van der Waals surface area (Å²) in [7, 11) is 3.83. The van der Waals surface area contributed by atoms with Crippen LogP contribution in [-0.4, -0.2) is 25.3 Å². The number of rotatable bonds is 4. The first-order valence-corrected chi connectivity index (χ1v) is 3.86. The molecule has 0 radical (unpaired) electrons. The van der Waals surface area contributed by atoms with Crippen molar-refractivity contribution in [1.82, 2.24) is 5.06 Å². The third kappa shape index (κ3) is 6.05. The van der Waals surface area contributed by atoms with Gasteiger partial charge < -0.3 is 0 Å². The Balaban J connectivity index is 3.34. The van der Waals surface area contributed by atoms with Crippen LogP contribution in [0, 0.1) is 5.92 Å². The molecule has 1 atom stereocenters. The lowest BCUT2D eigenvalue weighted by Gasteiger charge is -2.18. The van der Waals surface area contributed by atoms with Gasteiger partial charge in [0, 0.05) is 14.1 Å². The summed E-state index contributed by atoms with van der Waals surface area (Å²) in [6.07, 6.45) is 1.47. The van der Waals surface area contributed by atoms with E-state index < -0.39 is 0 Å². The second kappa shape index (κ2) is 4.69. The molecule has 0 aromatic carbocycles. The van der Waals surface area contributed by atoms with Crippen LogP contribution in [0.4, 0.5) is 0 Å². The molecule has 0 aromatic heterocycles. The topological polar surface area (TPSA) is 12.5 Å². The highest BCUT2D eigenvalue weighted by atomic mass is 16.7. The van der Waals surface area contributed by atoms with Crippen LogP contribution in [0.3, 0.4) is 0 Å². The molecule has 2 nitrogen and oxygen atoms in total. The van der Waals surface area contributed by atoms with E-state index in [4.69, 9.17) is 4.84 Å². The van der Waals surface area contributed by atoms with Gasteiger partial charge in [0.1, 0.15) is 0 Å². The zero-order chi connectivity index (χ0) is 8.15. The van der Waals surface area contributed by atoms with E-state index in [0.717, 1.165) is 12.3 Å². The average Bonchev–Trinajstić information content (AvgIpc) is 1.58. The fraction of sp³-hybridized carbons (Fsp3) is 1.00. The van der Waals surface area contributed by atoms with Gasteiger partial charge in [-0.25, -0.2) is 0 Å². The van der Waals surface area contributed by atoms with Crippen molar-refractivity contribution >= 4 is 0 Å². The predicted molar refractivity (Wildman–Crippen MR) is 43.7 cm³/mol. The monoisotopic (exact) mass is 145 g/mol. The Morgan fingerprint density at radius 1 is 1.20 bits per heavy atom. The van der Waals surface area contributed by atoms with Gasteiger partial charge in [0.2, 0.25) is 0 Å². The number of hydrogen-bond donors (Lipinski definition) is 0. The lowest BCUT2D eigenvalue weighted by Crippen LogP contribution is -2.21. The largest absolute Gasteiger partial charge is 0.297 e. The smallest absolute Gasteiger partial charge is 0.0767 e. The van der Waals surface area contributed by atoms with Crippen LogP contribution in [0.2, 0.25) is 0 Å². The molecule has 0 amide bonds. The van der Waals surface area contributed by atoms with Crippen molar-refractivity contribution in [3.05, 3.63) is 0 Å². The van der Waals surface area contributed by atoms with Crippen molar-refractivity contribution < 1.29 is 4.84 Å². The maximum Gasteiger partial charge on any atom is 0.0767 e. The van der Waals surface area contributed by atoms with Crippen molar-refractivity contribution in [2.75, 3.05) is 14.1 Å². The summed E-state index contributed by atoms with van der Waals surface area (Å²) in [5, 5.41) is 1.76. The van der Waals surface area contributed by atoms with E-state index in [-0.39, 0.29) is 0 Å². The van der Waals surface area contributed by atoms with Crippen LogP contribution in [0.25, 0.3) is 0 Å². The zero-order valence-electron chi connectivity index (χ0n) is 7.72. The van der Waals surface area contributed by atoms with E-state index in [1.165, 1.54) is 0 Å². The van der Waals surface area contributed by atoms with Gasteiger partial charge in [0.15, 0.2) is 0 Å².